The number of rotatable bonds is 12. The van der Waals surface area contributed by atoms with Gasteiger partial charge in [-0.25, -0.2) is 0 Å². The lowest BCUT2D eigenvalue weighted by atomic mass is 9.95. The van der Waals surface area contributed by atoms with Crippen molar-refractivity contribution in [1.29, 1.82) is 0 Å². The maximum absolute atomic E-state index is 12.4. The Morgan fingerprint density at radius 3 is 2.14 bits per heavy atom. The van der Waals surface area contributed by atoms with Crippen LogP contribution in [0.15, 0.2) is 12.2 Å². The van der Waals surface area contributed by atoms with Gasteiger partial charge in [-0.3, -0.25) is 4.79 Å². The summed E-state index contributed by atoms with van der Waals surface area (Å²) in [7, 11) is 0. The number of hydrogen-bond acceptors (Lipinski definition) is 2. The summed E-state index contributed by atoms with van der Waals surface area (Å²) >= 11 is 0. The molecule has 0 rings (SSSR count). The zero-order valence-corrected chi connectivity index (χ0v) is 14.9. The molecule has 0 aromatic carbocycles. The summed E-state index contributed by atoms with van der Waals surface area (Å²) in [5, 5.41) is 0. The van der Waals surface area contributed by atoms with Crippen molar-refractivity contribution in [2.75, 3.05) is 0 Å². The summed E-state index contributed by atoms with van der Waals surface area (Å²) in [6.45, 7) is 10.5. The molecule has 1 atom stereocenters. The van der Waals surface area contributed by atoms with E-state index in [4.69, 9.17) is 4.74 Å². The molecular formula is C19H36O2. The third-order valence-electron chi connectivity index (χ3n) is 4.36. The Kier molecular flexibility index (Phi) is 11.4. The first-order valence-electron chi connectivity index (χ1n) is 8.90. The second-order valence-electron chi connectivity index (χ2n) is 6.25. The molecule has 124 valence electrons. The molecule has 0 spiro atoms. The predicted molar refractivity (Wildman–Crippen MR) is 91.4 cm³/mol. The van der Waals surface area contributed by atoms with Gasteiger partial charge in [0.2, 0.25) is 0 Å². The van der Waals surface area contributed by atoms with E-state index in [0.29, 0.717) is 0 Å². The number of carbonyl (C=O) groups is 1. The van der Waals surface area contributed by atoms with Crippen LogP contribution in [0.5, 0.6) is 0 Å². The van der Waals surface area contributed by atoms with E-state index in [1.54, 1.807) is 0 Å². The van der Waals surface area contributed by atoms with E-state index in [0.717, 1.165) is 51.4 Å². The van der Waals surface area contributed by atoms with E-state index in [1.165, 1.54) is 6.42 Å². The van der Waals surface area contributed by atoms with Crippen LogP contribution in [0.4, 0.5) is 0 Å². The van der Waals surface area contributed by atoms with Gasteiger partial charge in [0.15, 0.2) is 0 Å². The molecule has 0 radical (unpaired) electrons. The monoisotopic (exact) mass is 296 g/mol. The predicted octanol–water partition coefficient (Wildman–Crippen LogP) is 6.05. The lowest BCUT2D eigenvalue weighted by Crippen LogP contribution is -2.33. The zero-order chi connectivity index (χ0) is 16.1. The molecule has 0 saturated carbocycles. The Morgan fingerprint density at radius 1 is 1.00 bits per heavy atom. The van der Waals surface area contributed by atoms with Gasteiger partial charge in [-0.05, 0) is 51.9 Å². The second-order valence-corrected chi connectivity index (χ2v) is 6.25. The van der Waals surface area contributed by atoms with Crippen molar-refractivity contribution in [2.45, 2.75) is 98.0 Å². The summed E-state index contributed by atoms with van der Waals surface area (Å²) < 4.78 is 5.79. The third kappa shape index (κ3) is 8.95. The van der Waals surface area contributed by atoms with Gasteiger partial charge in [-0.15, -0.1) is 0 Å². The van der Waals surface area contributed by atoms with E-state index in [1.807, 2.05) is 6.92 Å². The number of hydrogen-bond donors (Lipinski definition) is 0. The van der Waals surface area contributed by atoms with Crippen molar-refractivity contribution in [1.82, 2.24) is 0 Å². The average Bonchev–Trinajstić information content (AvgIpc) is 2.49. The highest BCUT2D eigenvalue weighted by Crippen LogP contribution is 2.24. The molecule has 0 aliphatic carbocycles. The first-order valence-corrected chi connectivity index (χ1v) is 8.90. The van der Waals surface area contributed by atoms with Crippen LogP contribution in [-0.4, -0.2) is 11.6 Å². The number of allylic oxidation sites excluding steroid dienone is 2. The maximum atomic E-state index is 12.4. The fraction of sp³-hybridized carbons (Fsp3) is 0.842. The molecule has 0 amide bonds. The van der Waals surface area contributed by atoms with Crippen molar-refractivity contribution >= 4 is 5.97 Å². The Balaban J connectivity index is 4.30. The van der Waals surface area contributed by atoms with Crippen molar-refractivity contribution in [2.24, 2.45) is 5.92 Å². The van der Waals surface area contributed by atoms with Crippen LogP contribution in [0.2, 0.25) is 0 Å². The molecule has 2 heteroatoms. The van der Waals surface area contributed by atoms with Gasteiger partial charge in [-0.2, -0.15) is 0 Å². The number of carbonyl (C=O) groups excluding carboxylic acids is 1. The van der Waals surface area contributed by atoms with Gasteiger partial charge >= 0.3 is 5.97 Å². The lowest BCUT2D eigenvalue weighted by Gasteiger charge is -2.29. The highest BCUT2D eigenvalue weighted by atomic mass is 16.6. The molecule has 2 nitrogen and oxygen atoms in total. The number of unbranched alkanes of at least 4 members (excludes halogenated alkanes) is 2. The van der Waals surface area contributed by atoms with Crippen LogP contribution in [0, 0.1) is 5.92 Å². The standard InChI is InChI=1S/C19H36O2/c1-6-10-11-12-13-14-16-17(15-7-2)18(20)21-19(5,8-3)9-4/h11-12,17H,6-10,13-16H2,1-5H3. The molecule has 0 bridgehead atoms. The summed E-state index contributed by atoms with van der Waals surface area (Å²) in [6, 6.07) is 0. The molecule has 0 aromatic heterocycles. The quantitative estimate of drug-likeness (QED) is 0.249. The first kappa shape index (κ1) is 20.2. The fourth-order valence-electron chi connectivity index (χ4n) is 2.33. The summed E-state index contributed by atoms with van der Waals surface area (Å²) in [6.07, 6.45) is 13.7. The minimum Gasteiger partial charge on any atom is -0.459 e. The first-order chi connectivity index (χ1) is 10.0. The molecule has 0 aromatic rings. The van der Waals surface area contributed by atoms with E-state index in [-0.39, 0.29) is 17.5 Å². The lowest BCUT2D eigenvalue weighted by molar-refractivity contribution is -0.164. The third-order valence-corrected chi connectivity index (χ3v) is 4.36. The Morgan fingerprint density at radius 2 is 1.62 bits per heavy atom. The molecule has 0 aliphatic rings. The van der Waals surface area contributed by atoms with Gasteiger partial charge < -0.3 is 4.74 Å². The minimum atomic E-state index is -0.288. The van der Waals surface area contributed by atoms with E-state index < -0.39 is 0 Å². The molecule has 1 unspecified atom stereocenters. The molecule has 0 saturated heterocycles. The molecule has 0 N–H and O–H groups in total. The van der Waals surface area contributed by atoms with Gasteiger partial charge in [-0.1, -0.05) is 52.7 Å². The minimum absolute atomic E-state index is 0.0144. The normalized spacial score (nSPS) is 13.6. The van der Waals surface area contributed by atoms with Gasteiger partial charge in [0.1, 0.15) is 5.60 Å². The zero-order valence-electron chi connectivity index (χ0n) is 14.9. The molecule has 0 heterocycles. The highest BCUT2D eigenvalue weighted by Gasteiger charge is 2.28. The number of esters is 1. The van der Waals surface area contributed by atoms with Crippen molar-refractivity contribution in [3.8, 4) is 0 Å². The largest absolute Gasteiger partial charge is 0.459 e. The smallest absolute Gasteiger partial charge is 0.309 e. The topological polar surface area (TPSA) is 26.3 Å². The summed E-state index contributed by atoms with van der Waals surface area (Å²) in [4.78, 5) is 12.4. The fourth-order valence-corrected chi connectivity index (χ4v) is 2.33. The summed E-state index contributed by atoms with van der Waals surface area (Å²) in [5.41, 5.74) is -0.288. The molecule has 21 heavy (non-hydrogen) atoms. The average molecular weight is 296 g/mol. The Hall–Kier alpha value is -0.790. The van der Waals surface area contributed by atoms with E-state index in [9.17, 15) is 4.79 Å². The molecule has 0 fully saturated rings. The van der Waals surface area contributed by atoms with Crippen LogP contribution in [0.1, 0.15) is 92.4 Å². The van der Waals surface area contributed by atoms with Crippen LogP contribution >= 0.6 is 0 Å². The van der Waals surface area contributed by atoms with Crippen LogP contribution in [-0.2, 0) is 9.53 Å². The van der Waals surface area contributed by atoms with Crippen LogP contribution < -0.4 is 0 Å². The van der Waals surface area contributed by atoms with Gasteiger partial charge in [0, 0.05) is 0 Å². The van der Waals surface area contributed by atoms with Crippen molar-refractivity contribution in [3.05, 3.63) is 12.2 Å². The van der Waals surface area contributed by atoms with E-state index in [2.05, 4.69) is 39.8 Å². The SMILES string of the molecule is CCCC=CCCCC(CCC)C(=O)OC(C)(CC)CC. The second kappa shape index (κ2) is 11.8. The Bertz CT molecular complexity index is 290. The van der Waals surface area contributed by atoms with Crippen LogP contribution in [0.25, 0.3) is 0 Å². The highest BCUT2D eigenvalue weighted by molar-refractivity contribution is 5.72. The van der Waals surface area contributed by atoms with E-state index >= 15 is 0 Å². The van der Waals surface area contributed by atoms with Gasteiger partial charge in [0.05, 0.1) is 5.92 Å². The molecule has 0 aliphatic heterocycles. The maximum Gasteiger partial charge on any atom is 0.309 e. The summed E-state index contributed by atoms with van der Waals surface area (Å²) in [5.74, 6) is 0.0904. The Labute approximate surface area is 132 Å². The number of ether oxygens (including phenoxy) is 1. The van der Waals surface area contributed by atoms with Gasteiger partial charge in [0.25, 0.3) is 0 Å². The van der Waals surface area contributed by atoms with Crippen LogP contribution in [0.3, 0.4) is 0 Å². The van der Waals surface area contributed by atoms with Crippen molar-refractivity contribution < 1.29 is 9.53 Å². The molecular weight excluding hydrogens is 260 g/mol. The van der Waals surface area contributed by atoms with Crippen molar-refractivity contribution in [3.63, 3.8) is 0 Å².